The Bertz CT molecular complexity index is 647. The molecule has 2 rings (SSSR count). The van der Waals surface area contributed by atoms with Gasteiger partial charge in [0.2, 0.25) is 0 Å². The van der Waals surface area contributed by atoms with E-state index in [0.29, 0.717) is 4.99 Å². The average molecular weight is 290 g/mol. The van der Waals surface area contributed by atoms with Crippen LogP contribution in [0.15, 0.2) is 29.6 Å². The highest BCUT2D eigenvalue weighted by Gasteiger charge is 2.12. The van der Waals surface area contributed by atoms with Gasteiger partial charge in [0.1, 0.15) is 4.99 Å². The topological polar surface area (TPSA) is 55.1 Å². The predicted molar refractivity (Wildman–Crippen MR) is 84.1 cm³/mol. The third kappa shape index (κ3) is 3.00. The maximum atomic E-state index is 12.2. The van der Waals surface area contributed by atoms with E-state index < -0.39 is 0 Å². The number of thiophene rings is 1. The van der Waals surface area contributed by atoms with Crippen LogP contribution >= 0.6 is 23.6 Å². The van der Waals surface area contributed by atoms with Crippen molar-refractivity contribution in [2.75, 3.05) is 5.32 Å². The first-order valence-corrected chi connectivity index (χ1v) is 7.03. The molecule has 2 aromatic rings. The van der Waals surface area contributed by atoms with E-state index in [1.54, 1.807) is 6.07 Å². The molecule has 0 saturated heterocycles. The van der Waals surface area contributed by atoms with Gasteiger partial charge in [-0.2, -0.15) is 0 Å². The van der Waals surface area contributed by atoms with Crippen LogP contribution in [0.3, 0.4) is 0 Å². The molecule has 1 aromatic heterocycles. The summed E-state index contributed by atoms with van der Waals surface area (Å²) in [5.41, 5.74) is 9.04. The van der Waals surface area contributed by atoms with Gasteiger partial charge in [0.15, 0.2) is 0 Å². The van der Waals surface area contributed by atoms with E-state index in [2.05, 4.69) is 5.32 Å². The second-order valence-corrected chi connectivity index (χ2v) is 5.64. The summed E-state index contributed by atoms with van der Waals surface area (Å²) in [6, 6.07) is 7.48. The summed E-state index contributed by atoms with van der Waals surface area (Å²) >= 11 is 6.38. The number of nitrogens with two attached hydrogens (primary N) is 1. The Morgan fingerprint density at radius 3 is 2.58 bits per heavy atom. The number of amides is 1. The van der Waals surface area contributed by atoms with Crippen LogP contribution in [0, 0.1) is 13.8 Å². The maximum absolute atomic E-state index is 12.2. The van der Waals surface area contributed by atoms with Gasteiger partial charge in [0.25, 0.3) is 5.91 Å². The standard InChI is InChI=1S/C14H14N2OS2/c1-8-3-4-10(13(15)18)7-11(8)16-14(17)12-9(2)5-6-19-12/h3-7H,1-2H3,(H2,15,18)(H,16,17). The molecule has 5 heteroatoms. The number of thiocarbonyl (C=S) groups is 1. The Labute approximate surface area is 121 Å². The molecule has 19 heavy (non-hydrogen) atoms. The van der Waals surface area contributed by atoms with E-state index >= 15 is 0 Å². The first kappa shape index (κ1) is 13.7. The van der Waals surface area contributed by atoms with Gasteiger partial charge in [-0.05, 0) is 42.5 Å². The minimum atomic E-state index is -0.101. The lowest BCUT2D eigenvalue weighted by molar-refractivity contribution is 0.103. The highest BCUT2D eigenvalue weighted by Crippen LogP contribution is 2.21. The Morgan fingerprint density at radius 1 is 1.26 bits per heavy atom. The summed E-state index contributed by atoms with van der Waals surface area (Å²) in [6.07, 6.45) is 0. The van der Waals surface area contributed by atoms with Crippen molar-refractivity contribution in [3.63, 3.8) is 0 Å². The second-order valence-electron chi connectivity index (χ2n) is 4.28. The van der Waals surface area contributed by atoms with Crippen LogP contribution in [0.5, 0.6) is 0 Å². The fourth-order valence-corrected chi connectivity index (χ4v) is 2.64. The number of benzene rings is 1. The zero-order valence-corrected chi connectivity index (χ0v) is 12.3. The molecule has 0 atom stereocenters. The van der Waals surface area contributed by atoms with Crippen LogP contribution in [0.1, 0.15) is 26.4 Å². The molecule has 1 heterocycles. The van der Waals surface area contributed by atoms with Crippen LogP contribution in [0.25, 0.3) is 0 Å². The first-order valence-electron chi connectivity index (χ1n) is 5.75. The van der Waals surface area contributed by atoms with Crippen molar-refractivity contribution in [3.05, 3.63) is 51.2 Å². The van der Waals surface area contributed by atoms with Crippen molar-refractivity contribution < 1.29 is 4.79 Å². The van der Waals surface area contributed by atoms with E-state index in [-0.39, 0.29) is 5.91 Å². The predicted octanol–water partition coefficient (Wildman–Crippen LogP) is 3.25. The fourth-order valence-electron chi connectivity index (χ4n) is 1.69. The molecule has 0 unspecified atom stereocenters. The molecule has 3 nitrogen and oxygen atoms in total. The van der Waals surface area contributed by atoms with E-state index in [9.17, 15) is 4.79 Å². The van der Waals surface area contributed by atoms with Crippen molar-refractivity contribution in [3.8, 4) is 0 Å². The minimum Gasteiger partial charge on any atom is -0.389 e. The van der Waals surface area contributed by atoms with Crippen LogP contribution in [0.4, 0.5) is 5.69 Å². The molecular formula is C14H14N2OS2. The molecule has 0 aliphatic rings. The summed E-state index contributed by atoms with van der Waals surface area (Å²) < 4.78 is 0. The van der Waals surface area contributed by atoms with Crippen molar-refractivity contribution in [2.24, 2.45) is 5.73 Å². The van der Waals surface area contributed by atoms with Crippen LogP contribution in [-0.4, -0.2) is 10.9 Å². The highest BCUT2D eigenvalue weighted by atomic mass is 32.1. The van der Waals surface area contributed by atoms with E-state index in [0.717, 1.165) is 27.3 Å². The van der Waals surface area contributed by atoms with Gasteiger partial charge in [-0.1, -0.05) is 24.4 Å². The van der Waals surface area contributed by atoms with Crippen molar-refractivity contribution in [1.29, 1.82) is 0 Å². The molecule has 0 spiro atoms. The molecule has 0 aliphatic heterocycles. The molecule has 1 amide bonds. The molecular weight excluding hydrogens is 276 g/mol. The summed E-state index contributed by atoms with van der Waals surface area (Å²) in [7, 11) is 0. The summed E-state index contributed by atoms with van der Waals surface area (Å²) in [4.78, 5) is 13.2. The van der Waals surface area contributed by atoms with E-state index in [1.807, 2.05) is 37.4 Å². The highest BCUT2D eigenvalue weighted by molar-refractivity contribution is 7.80. The number of hydrogen-bond acceptors (Lipinski definition) is 3. The summed E-state index contributed by atoms with van der Waals surface area (Å²) in [5.74, 6) is -0.101. The zero-order chi connectivity index (χ0) is 14.0. The van der Waals surface area contributed by atoms with Crippen molar-refractivity contribution in [1.82, 2.24) is 0 Å². The van der Waals surface area contributed by atoms with Crippen LogP contribution in [0.2, 0.25) is 0 Å². The van der Waals surface area contributed by atoms with Crippen LogP contribution in [-0.2, 0) is 0 Å². The number of carbonyl (C=O) groups is 1. The second kappa shape index (κ2) is 5.50. The number of carbonyl (C=O) groups excluding carboxylic acids is 1. The lowest BCUT2D eigenvalue weighted by atomic mass is 10.1. The Kier molecular flexibility index (Phi) is 3.97. The largest absolute Gasteiger partial charge is 0.389 e. The maximum Gasteiger partial charge on any atom is 0.266 e. The molecule has 1 aromatic carbocycles. The molecule has 98 valence electrons. The fraction of sp³-hybridized carbons (Fsp3) is 0.143. The molecule has 3 N–H and O–H groups in total. The molecule has 0 saturated carbocycles. The normalized spacial score (nSPS) is 10.2. The smallest absolute Gasteiger partial charge is 0.266 e. The zero-order valence-electron chi connectivity index (χ0n) is 10.7. The van der Waals surface area contributed by atoms with Gasteiger partial charge in [-0.15, -0.1) is 11.3 Å². The third-order valence-electron chi connectivity index (χ3n) is 2.84. The Hall–Kier alpha value is -1.72. The number of anilines is 1. The molecule has 0 fully saturated rings. The van der Waals surface area contributed by atoms with E-state index in [1.165, 1.54) is 11.3 Å². The van der Waals surface area contributed by atoms with Gasteiger partial charge in [0.05, 0.1) is 4.88 Å². The summed E-state index contributed by atoms with van der Waals surface area (Å²) in [5, 5.41) is 4.81. The monoisotopic (exact) mass is 290 g/mol. The van der Waals surface area contributed by atoms with Gasteiger partial charge in [0, 0.05) is 11.3 Å². The SMILES string of the molecule is Cc1ccc(C(N)=S)cc1NC(=O)c1sccc1C. The average Bonchev–Trinajstić information content (AvgIpc) is 2.78. The number of nitrogens with one attached hydrogen (secondary N) is 1. The molecule has 0 aliphatic carbocycles. The lowest BCUT2D eigenvalue weighted by Crippen LogP contribution is -2.14. The third-order valence-corrected chi connectivity index (χ3v) is 4.09. The number of aryl methyl sites for hydroxylation is 2. The van der Waals surface area contributed by atoms with Crippen molar-refractivity contribution >= 4 is 40.1 Å². The number of rotatable bonds is 3. The number of hydrogen-bond donors (Lipinski definition) is 2. The Morgan fingerprint density at radius 2 is 2.00 bits per heavy atom. The van der Waals surface area contributed by atoms with Crippen molar-refractivity contribution in [2.45, 2.75) is 13.8 Å². The first-order chi connectivity index (χ1) is 8.99. The minimum absolute atomic E-state index is 0.101. The summed E-state index contributed by atoms with van der Waals surface area (Å²) in [6.45, 7) is 3.85. The van der Waals surface area contributed by atoms with Gasteiger partial charge < -0.3 is 11.1 Å². The van der Waals surface area contributed by atoms with Crippen LogP contribution < -0.4 is 11.1 Å². The Balaban J connectivity index is 2.28. The van der Waals surface area contributed by atoms with Gasteiger partial charge in [-0.3, -0.25) is 4.79 Å². The lowest BCUT2D eigenvalue weighted by Gasteiger charge is -2.10. The molecule has 0 radical (unpaired) electrons. The quantitative estimate of drug-likeness (QED) is 0.853. The van der Waals surface area contributed by atoms with Gasteiger partial charge >= 0.3 is 0 Å². The molecule has 0 bridgehead atoms. The van der Waals surface area contributed by atoms with Gasteiger partial charge in [-0.25, -0.2) is 0 Å². The van der Waals surface area contributed by atoms with E-state index in [4.69, 9.17) is 18.0 Å².